The van der Waals surface area contributed by atoms with Crippen LogP contribution < -0.4 is 11.1 Å². The minimum Gasteiger partial charge on any atom is -0.370 e. The van der Waals surface area contributed by atoms with Crippen LogP contribution in [0.5, 0.6) is 0 Å². The van der Waals surface area contributed by atoms with Gasteiger partial charge in [-0.15, -0.1) is 0 Å². The Balaban J connectivity index is 1.57. The number of nitrogens with two attached hydrogens (primary N) is 1. The predicted octanol–water partition coefficient (Wildman–Crippen LogP) is 2.35. The lowest BCUT2D eigenvalue weighted by molar-refractivity contribution is 0.183. The number of nitrogens with zero attached hydrogens (tertiary/aromatic N) is 2. The molecule has 2 fully saturated rings. The highest BCUT2D eigenvalue weighted by atomic mass is 15.1. The van der Waals surface area contributed by atoms with Crippen LogP contribution in [-0.4, -0.2) is 43.1 Å². The molecule has 116 valence electrons. The fraction of sp³-hybridized carbons (Fsp3) is 0.938. The number of rotatable bonds is 5. The van der Waals surface area contributed by atoms with Gasteiger partial charge in [-0.1, -0.05) is 26.2 Å². The fourth-order valence-corrected chi connectivity index (χ4v) is 3.49. The average molecular weight is 280 g/mol. The first-order chi connectivity index (χ1) is 9.74. The van der Waals surface area contributed by atoms with Gasteiger partial charge in [-0.05, 0) is 51.1 Å². The standard InChI is InChI=1S/C16H32N4/c1-14-7-5-11-20(13-14)12-6-10-18-16(17)19-15-8-3-2-4-9-15/h14-15H,2-13H2,1H3,(H3,17,18,19). The smallest absolute Gasteiger partial charge is 0.188 e. The summed E-state index contributed by atoms with van der Waals surface area (Å²) in [6, 6.07) is 0.565. The highest BCUT2D eigenvalue weighted by molar-refractivity contribution is 5.78. The third-order valence-electron chi connectivity index (χ3n) is 4.61. The summed E-state index contributed by atoms with van der Waals surface area (Å²) in [6.07, 6.45) is 10.4. The summed E-state index contributed by atoms with van der Waals surface area (Å²) >= 11 is 0. The van der Waals surface area contributed by atoms with Gasteiger partial charge in [-0.3, -0.25) is 4.99 Å². The molecule has 1 saturated carbocycles. The Hall–Kier alpha value is -0.770. The van der Waals surface area contributed by atoms with E-state index in [1.807, 2.05) is 0 Å². The Morgan fingerprint density at radius 1 is 1.20 bits per heavy atom. The van der Waals surface area contributed by atoms with Gasteiger partial charge in [0.25, 0.3) is 0 Å². The molecule has 0 bridgehead atoms. The molecule has 1 aliphatic carbocycles. The summed E-state index contributed by atoms with van der Waals surface area (Å²) in [5, 5.41) is 3.38. The zero-order chi connectivity index (χ0) is 14.2. The highest BCUT2D eigenvalue weighted by Gasteiger charge is 2.15. The molecule has 0 aromatic heterocycles. The van der Waals surface area contributed by atoms with Gasteiger partial charge in [0.05, 0.1) is 0 Å². The third-order valence-corrected chi connectivity index (χ3v) is 4.61. The molecule has 1 saturated heterocycles. The van der Waals surface area contributed by atoms with Gasteiger partial charge in [-0.25, -0.2) is 0 Å². The van der Waals surface area contributed by atoms with Crippen molar-refractivity contribution in [1.82, 2.24) is 10.2 Å². The molecule has 0 radical (unpaired) electrons. The average Bonchev–Trinajstić information content (AvgIpc) is 2.45. The van der Waals surface area contributed by atoms with E-state index < -0.39 is 0 Å². The monoisotopic (exact) mass is 280 g/mol. The van der Waals surface area contributed by atoms with E-state index in [2.05, 4.69) is 22.1 Å². The van der Waals surface area contributed by atoms with Crippen molar-refractivity contribution in [3.8, 4) is 0 Å². The van der Waals surface area contributed by atoms with E-state index in [4.69, 9.17) is 5.73 Å². The van der Waals surface area contributed by atoms with Crippen molar-refractivity contribution in [2.24, 2.45) is 16.6 Å². The zero-order valence-electron chi connectivity index (χ0n) is 13.1. The number of guanidine groups is 1. The molecule has 0 aromatic rings. The lowest BCUT2D eigenvalue weighted by Gasteiger charge is -2.30. The van der Waals surface area contributed by atoms with Crippen molar-refractivity contribution in [2.75, 3.05) is 26.2 Å². The minimum atomic E-state index is 0.565. The van der Waals surface area contributed by atoms with E-state index in [0.717, 1.165) is 18.9 Å². The first-order valence-electron chi connectivity index (χ1n) is 8.53. The largest absolute Gasteiger partial charge is 0.370 e. The number of hydrogen-bond donors (Lipinski definition) is 2. The maximum atomic E-state index is 5.97. The maximum Gasteiger partial charge on any atom is 0.188 e. The predicted molar refractivity (Wildman–Crippen MR) is 86.0 cm³/mol. The van der Waals surface area contributed by atoms with Gasteiger partial charge in [0.2, 0.25) is 0 Å². The van der Waals surface area contributed by atoms with Crippen LogP contribution in [0.3, 0.4) is 0 Å². The molecule has 2 aliphatic rings. The normalized spacial score (nSPS) is 26.6. The molecular weight excluding hydrogens is 248 g/mol. The molecule has 0 spiro atoms. The molecular formula is C16H32N4. The van der Waals surface area contributed by atoms with Gasteiger partial charge in [0.1, 0.15) is 0 Å². The van der Waals surface area contributed by atoms with E-state index in [1.54, 1.807) is 0 Å². The number of nitrogens with one attached hydrogen (secondary N) is 1. The van der Waals surface area contributed by atoms with Crippen LogP contribution in [0.25, 0.3) is 0 Å². The maximum absolute atomic E-state index is 5.97. The first-order valence-corrected chi connectivity index (χ1v) is 8.53. The van der Waals surface area contributed by atoms with Crippen LogP contribution in [0.1, 0.15) is 58.3 Å². The summed E-state index contributed by atoms with van der Waals surface area (Å²) in [6.45, 7) is 6.92. The number of piperidine rings is 1. The van der Waals surface area contributed by atoms with Gasteiger partial charge in [0, 0.05) is 19.1 Å². The van der Waals surface area contributed by atoms with Crippen LogP contribution in [0.4, 0.5) is 0 Å². The highest BCUT2D eigenvalue weighted by Crippen LogP contribution is 2.17. The van der Waals surface area contributed by atoms with Crippen LogP contribution in [0.15, 0.2) is 4.99 Å². The Morgan fingerprint density at radius 2 is 2.00 bits per heavy atom. The van der Waals surface area contributed by atoms with E-state index in [0.29, 0.717) is 12.0 Å². The molecule has 1 heterocycles. The summed E-state index contributed by atoms with van der Waals surface area (Å²) in [7, 11) is 0. The molecule has 0 amide bonds. The topological polar surface area (TPSA) is 53.6 Å². The van der Waals surface area contributed by atoms with Crippen molar-refractivity contribution in [1.29, 1.82) is 0 Å². The summed E-state index contributed by atoms with van der Waals surface area (Å²) in [5.74, 6) is 1.52. The quantitative estimate of drug-likeness (QED) is 0.462. The van der Waals surface area contributed by atoms with Crippen LogP contribution in [0, 0.1) is 5.92 Å². The molecule has 3 N–H and O–H groups in total. The minimum absolute atomic E-state index is 0.565. The molecule has 0 aromatic carbocycles. The van der Waals surface area contributed by atoms with Crippen LogP contribution >= 0.6 is 0 Å². The van der Waals surface area contributed by atoms with E-state index >= 15 is 0 Å². The zero-order valence-corrected chi connectivity index (χ0v) is 13.1. The SMILES string of the molecule is CC1CCCN(CCCN=C(N)NC2CCCCC2)C1. The van der Waals surface area contributed by atoms with Crippen molar-refractivity contribution in [3.63, 3.8) is 0 Å². The van der Waals surface area contributed by atoms with Gasteiger partial charge < -0.3 is 16.0 Å². The van der Waals surface area contributed by atoms with Crippen molar-refractivity contribution < 1.29 is 0 Å². The Labute approximate surface area is 124 Å². The second kappa shape index (κ2) is 8.50. The third kappa shape index (κ3) is 5.70. The van der Waals surface area contributed by atoms with Crippen LogP contribution in [-0.2, 0) is 0 Å². The lowest BCUT2D eigenvalue weighted by atomic mass is 9.96. The number of hydrogen-bond acceptors (Lipinski definition) is 2. The van der Waals surface area contributed by atoms with Crippen molar-refractivity contribution in [3.05, 3.63) is 0 Å². The van der Waals surface area contributed by atoms with E-state index in [1.165, 1.54) is 64.6 Å². The van der Waals surface area contributed by atoms with Crippen molar-refractivity contribution in [2.45, 2.75) is 64.3 Å². The van der Waals surface area contributed by atoms with E-state index in [9.17, 15) is 0 Å². The summed E-state index contributed by atoms with van der Waals surface area (Å²) in [4.78, 5) is 7.06. The second-order valence-corrected chi connectivity index (χ2v) is 6.65. The fourth-order valence-electron chi connectivity index (χ4n) is 3.49. The first kappa shape index (κ1) is 15.6. The lowest BCUT2D eigenvalue weighted by Crippen LogP contribution is -2.41. The molecule has 4 heteroatoms. The summed E-state index contributed by atoms with van der Waals surface area (Å²) < 4.78 is 0. The number of aliphatic imine (C=N–C) groups is 1. The van der Waals surface area contributed by atoms with Crippen molar-refractivity contribution >= 4 is 5.96 Å². The Kier molecular flexibility index (Phi) is 6.64. The van der Waals surface area contributed by atoms with Gasteiger partial charge in [-0.2, -0.15) is 0 Å². The molecule has 1 atom stereocenters. The molecule has 20 heavy (non-hydrogen) atoms. The van der Waals surface area contributed by atoms with Crippen LogP contribution in [0.2, 0.25) is 0 Å². The Morgan fingerprint density at radius 3 is 2.75 bits per heavy atom. The van der Waals surface area contributed by atoms with Gasteiger partial charge in [0.15, 0.2) is 5.96 Å². The number of likely N-dealkylation sites (tertiary alicyclic amines) is 1. The molecule has 4 nitrogen and oxygen atoms in total. The van der Waals surface area contributed by atoms with E-state index in [-0.39, 0.29) is 0 Å². The molecule has 1 aliphatic heterocycles. The molecule has 2 rings (SSSR count). The second-order valence-electron chi connectivity index (χ2n) is 6.65. The Bertz CT molecular complexity index is 297. The van der Waals surface area contributed by atoms with Gasteiger partial charge >= 0.3 is 0 Å². The molecule has 1 unspecified atom stereocenters. The summed E-state index contributed by atoms with van der Waals surface area (Å²) in [5.41, 5.74) is 5.97.